The van der Waals surface area contributed by atoms with E-state index in [9.17, 15) is 10.2 Å². The van der Waals surface area contributed by atoms with Gasteiger partial charge in [0.15, 0.2) is 5.79 Å². The normalized spacial score (nSPS) is 16.3. The van der Waals surface area contributed by atoms with Crippen LogP contribution in [0.15, 0.2) is 133 Å². The third kappa shape index (κ3) is 12.8. The third-order valence-corrected chi connectivity index (χ3v) is 23.4. The van der Waals surface area contributed by atoms with Crippen molar-refractivity contribution in [3.63, 3.8) is 0 Å². The monoisotopic (exact) mass is 893 g/mol. The van der Waals surface area contributed by atoms with E-state index in [1.165, 1.54) is 29.6 Å². The van der Waals surface area contributed by atoms with Crippen LogP contribution >= 0.6 is 0 Å². The molecule has 0 spiro atoms. The molecule has 2 atom stereocenters. The second-order valence-electron chi connectivity index (χ2n) is 19.9. The number of benzene rings is 4. The van der Waals surface area contributed by atoms with Crippen LogP contribution in [0.2, 0.25) is 10.1 Å². The van der Waals surface area contributed by atoms with Gasteiger partial charge in [0.2, 0.25) is 0 Å². The van der Waals surface area contributed by atoms with Crippen molar-refractivity contribution in [3.05, 3.63) is 133 Å². The van der Waals surface area contributed by atoms with Crippen LogP contribution in [0.1, 0.15) is 126 Å². The molecule has 0 aromatic heterocycles. The molecule has 63 heavy (non-hydrogen) atoms. The Hall–Kier alpha value is -3.19. The van der Waals surface area contributed by atoms with Crippen molar-refractivity contribution in [2.75, 3.05) is 33.0 Å². The van der Waals surface area contributed by atoms with E-state index in [1.807, 2.05) is 18.2 Å². The summed E-state index contributed by atoms with van der Waals surface area (Å²) in [5, 5.41) is 28.6. The molecule has 4 aromatic rings. The van der Waals surface area contributed by atoms with Gasteiger partial charge >= 0.3 is 0 Å². The van der Waals surface area contributed by atoms with E-state index in [2.05, 4.69) is 164 Å². The average molecular weight is 893 g/mol. The molecule has 1 saturated heterocycles. The van der Waals surface area contributed by atoms with Gasteiger partial charge < -0.3 is 28.5 Å². The minimum atomic E-state index is -3.03. The van der Waals surface area contributed by atoms with Gasteiger partial charge in [-0.1, -0.05) is 214 Å². The van der Waals surface area contributed by atoms with Crippen molar-refractivity contribution in [3.8, 4) is 0 Å². The second-order valence-corrected chi connectivity index (χ2v) is 28.5. The molecule has 1 aliphatic heterocycles. The fourth-order valence-corrected chi connectivity index (χ4v) is 19.1. The van der Waals surface area contributed by atoms with Crippen LogP contribution in [0.5, 0.6) is 0 Å². The van der Waals surface area contributed by atoms with Crippen molar-refractivity contribution in [2.45, 2.75) is 147 Å². The summed E-state index contributed by atoms with van der Waals surface area (Å²) in [6.45, 7) is 17.4. The zero-order chi connectivity index (χ0) is 45.3. The van der Waals surface area contributed by atoms with E-state index in [0.717, 1.165) is 61.7 Å². The molecule has 0 radical (unpaired) electrons. The first-order valence-corrected chi connectivity index (χ1v) is 27.9. The highest BCUT2D eigenvalue weighted by Crippen LogP contribution is 2.40. The summed E-state index contributed by atoms with van der Waals surface area (Å²) in [6, 6.07) is 42.5. The quantitative estimate of drug-likeness (QED) is 0.0372. The van der Waals surface area contributed by atoms with Crippen molar-refractivity contribution in [2.24, 2.45) is 5.92 Å². The highest BCUT2D eigenvalue weighted by molar-refractivity contribution is 7.00. The molecule has 6 nitrogen and oxygen atoms in total. The minimum absolute atomic E-state index is 0.0459. The van der Waals surface area contributed by atoms with Crippen LogP contribution in [-0.2, 0) is 18.3 Å². The Morgan fingerprint density at radius 2 is 1.02 bits per heavy atom. The van der Waals surface area contributed by atoms with Crippen LogP contribution < -0.4 is 20.7 Å². The number of unbranched alkanes of at least 4 members (excludes halogenated alkanes) is 7. The average Bonchev–Trinajstić information content (AvgIpc) is 3.75. The molecule has 8 heteroatoms. The smallest absolute Gasteiger partial charge is 0.261 e. The lowest BCUT2D eigenvalue weighted by atomic mass is 9.85. The van der Waals surface area contributed by atoms with Crippen molar-refractivity contribution >= 4 is 37.4 Å². The zero-order valence-electron chi connectivity index (χ0n) is 39.8. The second kappa shape index (κ2) is 23.8. The summed E-state index contributed by atoms with van der Waals surface area (Å²) >= 11 is 0. The Labute approximate surface area is 383 Å². The lowest BCUT2D eigenvalue weighted by molar-refractivity contribution is -0.168. The zero-order valence-corrected chi connectivity index (χ0v) is 41.8. The maximum absolute atomic E-state index is 13.2. The maximum atomic E-state index is 13.2. The highest BCUT2D eigenvalue weighted by Gasteiger charge is 2.53. The predicted molar refractivity (Wildman–Crippen MR) is 268 cm³/mol. The first-order chi connectivity index (χ1) is 30.3. The first kappa shape index (κ1) is 50.8. The third-order valence-electron chi connectivity index (χ3n) is 13.4. The molecule has 0 saturated carbocycles. The van der Waals surface area contributed by atoms with Gasteiger partial charge in [0.25, 0.3) is 16.6 Å². The topological polar surface area (TPSA) is 77.4 Å². The van der Waals surface area contributed by atoms with Crippen LogP contribution in [-0.4, -0.2) is 71.3 Å². The predicted octanol–water partition coefficient (Wildman–Crippen LogP) is 10.5. The van der Waals surface area contributed by atoms with Crippen LogP contribution in [0.3, 0.4) is 0 Å². The Bertz CT molecular complexity index is 1810. The number of hydrogen-bond acceptors (Lipinski definition) is 6. The molecule has 2 N–H and O–H groups in total. The summed E-state index contributed by atoms with van der Waals surface area (Å²) in [6.07, 6.45) is 16.5. The van der Waals surface area contributed by atoms with E-state index in [1.54, 1.807) is 0 Å². The first-order valence-electron chi connectivity index (χ1n) is 24.0. The summed E-state index contributed by atoms with van der Waals surface area (Å²) in [4.78, 5) is 0. The highest BCUT2D eigenvalue weighted by atomic mass is 28.4. The fraction of sp³-hybridized carbons (Fsp3) is 0.527. The molecule has 1 fully saturated rings. The number of aliphatic hydroxyl groups excluding tert-OH is 1. The van der Waals surface area contributed by atoms with E-state index in [4.69, 9.17) is 18.3 Å². The van der Waals surface area contributed by atoms with Crippen molar-refractivity contribution in [1.29, 1.82) is 0 Å². The molecular formula is C55H80O6Si2. The number of hydrogen-bond donors (Lipinski definition) is 2. The molecule has 0 aliphatic carbocycles. The van der Waals surface area contributed by atoms with E-state index in [0.29, 0.717) is 19.8 Å². The van der Waals surface area contributed by atoms with E-state index in [-0.39, 0.29) is 35.5 Å². The Morgan fingerprint density at radius 1 is 0.603 bits per heavy atom. The van der Waals surface area contributed by atoms with Gasteiger partial charge in [-0.15, -0.1) is 0 Å². The van der Waals surface area contributed by atoms with Gasteiger partial charge in [-0.2, -0.15) is 0 Å². The van der Waals surface area contributed by atoms with Gasteiger partial charge in [0, 0.05) is 31.8 Å². The number of aliphatic hydroxyl groups is 2. The van der Waals surface area contributed by atoms with Gasteiger partial charge in [0.1, 0.15) is 0 Å². The molecule has 344 valence electrons. The van der Waals surface area contributed by atoms with Crippen molar-refractivity contribution in [1.82, 2.24) is 0 Å². The molecule has 1 aliphatic rings. The van der Waals surface area contributed by atoms with Gasteiger partial charge in [0.05, 0.1) is 32.0 Å². The largest absolute Gasteiger partial charge is 0.407 e. The Kier molecular flexibility index (Phi) is 19.2. The number of rotatable bonds is 26. The summed E-state index contributed by atoms with van der Waals surface area (Å²) < 4.78 is 27.2. The lowest BCUT2D eigenvalue weighted by Crippen LogP contribution is -2.68. The lowest BCUT2D eigenvalue weighted by Gasteiger charge is -2.46. The maximum Gasteiger partial charge on any atom is 0.261 e. The Balaban J connectivity index is 1.39. The molecule has 0 unspecified atom stereocenters. The van der Waals surface area contributed by atoms with Crippen LogP contribution in [0.25, 0.3) is 0 Å². The van der Waals surface area contributed by atoms with Crippen molar-refractivity contribution < 1.29 is 28.5 Å². The molecular weight excluding hydrogens is 813 g/mol. The molecule has 4 aromatic carbocycles. The van der Waals surface area contributed by atoms with Crippen LogP contribution in [0, 0.1) is 5.92 Å². The minimum Gasteiger partial charge on any atom is -0.407 e. The van der Waals surface area contributed by atoms with Crippen LogP contribution in [0.4, 0.5) is 0 Å². The number of allylic oxidation sites excluding steroid dienone is 1. The van der Waals surface area contributed by atoms with Gasteiger partial charge in [-0.05, 0) is 56.5 Å². The van der Waals surface area contributed by atoms with Gasteiger partial charge in [-0.3, -0.25) is 0 Å². The molecule has 0 bridgehead atoms. The molecule has 5 rings (SSSR count). The molecule has 1 heterocycles. The molecule has 0 amide bonds. The van der Waals surface area contributed by atoms with Gasteiger partial charge in [-0.25, -0.2) is 0 Å². The Morgan fingerprint density at radius 3 is 1.43 bits per heavy atom. The van der Waals surface area contributed by atoms with E-state index >= 15 is 0 Å². The number of ether oxygens (including phenoxy) is 2. The summed E-state index contributed by atoms with van der Waals surface area (Å²) in [7, 11) is -5.93. The standard InChI is InChI=1S/C55H80O6Si2/c1-8-9-10-28-39-55(58-43-44-59-55)40-29-14-12-11-13-19-30-47(45-56)54(57,46-61-63(53(5,6)7,50-35-24-17-25-36-50)51-37-26-18-27-38-51)41-42-60-62(52(2,3)4,48-31-20-15-21-32-48)49-33-22-16-23-34-49/h15-27,30-38,47,56-57H,8-14,28-29,39-46H2,1-7H3/b30-19+/t47-,54-/m1/s1. The fourth-order valence-electron chi connectivity index (χ4n) is 9.91. The summed E-state index contributed by atoms with van der Waals surface area (Å²) in [5.41, 5.74) is -1.43. The van der Waals surface area contributed by atoms with E-state index < -0.39 is 28.2 Å². The summed E-state index contributed by atoms with van der Waals surface area (Å²) in [5.74, 6) is -0.952. The SMILES string of the molecule is CCCCCCC1(CCCCCC/C=C/[C@H](CO)[C@@](O)(CCO[Si](c2ccccc2)(c2ccccc2)C(C)(C)C)CO[Si](c2ccccc2)(c2ccccc2)C(C)(C)C)OCCO1.